The molecular formula is C15H21N7O3. The highest BCUT2D eigenvalue weighted by molar-refractivity contribution is 6.04. The quantitative estimate of drug-likeness (QED) is 0.595. The number of aromatic nitrogens is 2. The number of amides is 4. The predicted molar refractivity (Wildman–Crippen MR) is 89.7 cm³/mol. The van der Waals surface area contributed by atoms with Crippen molar-refractivity contribution in [3.63, 3.8) is 0 Å². The molecule has 1 aromatic heterocycles. The van der Waals surface area contributed by atoms with Crippen molar-refractivity contribution in [3.05, 3.63) is 11.8 Å². The molecule has 1 atom stereocenters. The number of aryl methyl sites for hydroxylation is 1. The third-order valence-corrected chi connectivity index (χ3v) is 4.32. The first-order chi connectivity index (χ1) is 11.9. The van der Waals surface area contributed by atoms with Crippen molar-refractivity contribution in [2.45, 2.75) is 25.8 Å². The van der Waals surface area contributed by atoms with E-state index >= 15 is 0 Å². The molecule has 0 saturated carbocycles. The maximum Gasteiger partial charge on any atom is 0.322 e. The van der Waals surface area contributed by atoms with E-state index in [4.69, 9.17) is 5.73 Å². The van der Waals surface area contributed by atoms with Gasteiger partial charge in [0.05, 0.1) is 0 Å². The summed E-state index contributed by atoms with van der Waals surface area (Å²) >= 11 is 0. The summed E-state index contributed by atoms with van der Waals surface area (Å²) in [7, 11) is 0. The molecule has 0 unspecified atom stereocenters. The summed E-state index contributed by atoms with van der Waals surface area (Å²) in [5.74, 6) is 0.610. The first kappa shape index (κ1) is 16.9. The molecule has 4 N–H and O–H groups in total. The molecule has 134 valence electrons. The van der Waals surface area contributed by atoms with E-state index < -0.39 is 12.1 Å². The number of carbonyl (C=O) groups excluding carboxylic acids is 3. The Morgan fingerprint density at radius 3 is 2.60 bits per heavy atom. The van der Waals surface area contributed by atoms with Gasteiger partial charge in [0.1, 0.15) is 11.9 Å². The third-order valence-electron chi connectivity index (χ3n) is 4.32. The molecule has 0 radical (unpaired) electrons. The second-order valence-electron chi connectivity index (χ2n) is 6.15. The Bertz CT molecular complexity index is 680. The van der Waals surface area contributed by atoms with E-state index in [2.05, 4.69) is 25.5 Å². The molecule has 10 nitrogen and oxygen atoms in total. The van der Waals surface area contributed by atoms with Crippen LogP contribution in [0.1, 0.15) is 18.5 Å². The van der Waals surface area contributed by atoms with Crippen LogP contribution in [-0.2, 0) is 9.59 Å². The van der Waals surface area contributed by atoms with Gasteiger partial charge in [0, 0.05) is 44.4 Å². The van der Waals surface area contributed by atoms with Crippen LogP contribution in [0.25, 0.3) is 0 Å². The van der Waals surface area contributed by atoms with Gasteiger partial charge in [0.2, 0.25) is 11.9 Å². The molecule has 0 spiro atoms. The minimum Gasteiger partial charge on any atom is -0.368 e. The second-order valence-corrected chi connectivity index (χ2v) is 6.15. The fourth-order valence-electron chi connectivity index (χ4n) is 3.01. The van der Waals surface area contributed by atoms with Gasteiger partial charge in [-0.15, -0.1) is 0 Å². The number of hydrogen-bond acceptors (Lipinski definition) is 7. The van der Waals surface area contributed by atoms with Gasteiger partial charge in [-0.25, -0.2) is 9.78 Å². The zero-order valence-electron chi connectivity index (χ0n) is 14.0. The lowest BCUT2D eigenvalue weighted by atomic mass is 10.1. The van der Waals surface area contributed by atoms with Crippen LogP contribution in [0.5, 0.6) is 0 Å². The first-order valence-electron chi connectivity index (χ1n) is 8.17. The van der Waals surface area contributed by atoms with E-state index in [1.54, 1.807) is 4.90 Å². The maximum atomic E-state index is 12.3. The molecule has 25 heavy (non-hydrogen) atoms. The molecule has 2 fully saturated rings. The van der Waals surface area contributed by atoms with Crippen LogP contribution in [-0.4, -0.2) is 64.9 Å². The zero-order valence-corrected chi connectivity index (χ0v) is 14.0. The number of carbonyl (C=O) groups is 3. The standard InChI is InChI=1S/C15H21N7O3/c1-9-8-11(19-14(16)17-9)21-4-6-22(7-5-21)12(23)3-2-10-13(24)20-15(25)18-10/h8,10H,2-7H2,1H3,(H2,16,17,19)(H2,18,20,24,25)/t10-/m0/s1. The van der Waals surface area contributed by atoms with Crippen molar-refractivity contribution in [1.29, 1.82) is 0 Å². The van der Waals surface area contributed by atoms with E-state index in [1.807, 2.05) is 13.0 Å². The average molecular weight is 347 g/mol. The van der Waals surface area contributed by atoms with E-state index in [1.165, 1.54) is 0 Å². The summed E-state index contributed by atoms with van der Waals surface area (Å²) < 4.78 is 0. The Labute approximate surface area is 144 Å². The smallest absolute Gasteiger partial charge is 0.322 e. The Balaban J connectivity index is 1.49. The highest BCUT2D eigenvalue weighted by atomic mass is 16.2. The summed E-state index contributed by atoms with van der Waals surface area (Å²) in [6.45, 7) is 4.32. The molecule has 4 amide bonds. The zero-order chi connectivity index (χ0) is 18.0. The summed E-state index contributed by atoms with van der Waals surface area (Å²) in [5.41, 5.74) is 6.49. The van der Waals surface area contributed by atoms with Gasteiger partial charge in [-0.1, -0.05) is 0 Å². The van der Waals surface area contributed by atoms with Gasteiger partial charge in [-0.2, -0.15) is 4.98 Å². The van der Waals surface area contributed by atoms with Crippen molar-refractivity contribution >= 4 is 29.6 Å². The number of rotatable bonds is 4. The lowest BCUT2D eigenvalue weighted by Crippen LogP contribution is -2.49. The second kappa shape index (κ2) is 6.91. The highest BCUT2D eigenvalue weighted by Gasteiger charge is 2.30. The van der Waals surface area contributed by atoms with Gasteiger partial charge < -0.3 is 20.9 Å². The minimum atomic E-state index is -0.621. The number of nitrogens with zero attached hydrogens (tertiary/aromatic N) is 4. The van der Waals surface area contributed by atoms with Gasteiger partial charge in [-0.3, -0.25) is 14.9 Å². The monoisotopic (exact) mass is 347 g/mol. The number of urea groups is 1. The van der Waals surface area contributed by atoms with Crippen LogP contribution in [0.2, 0.25) is 0 Å². The van der Waals surface area contributed by atoms with Gasteiger partial charge in [0.15, 0.2) is 0 Å². The molecule has 2 aliphatic rings. The SMILES string of the molecule is Cc1cc(N2CCN(C(=O)CC[C@@H]3NC(=O)NC3=O)CC2)nc(N)n1. The third kappa shape index (κ3) is 3.95. The number of nitrogens with one attached hydrogen (secondary N) is 2. The largest absolute Gasteiger partial charge is 0.368 e. The van der Waals surface area contributed by atoms with Crippen molar-refractivity contribution in [3.8, 4) is 0 Å². The van der Waals surface area contributed by atoms with E-state index in [9.17, 15) is 14.4 Å². The Morgan fingerprint density at radius 1 is 1.28 bits per heavy atom. The summed E-state index contributed by atoms with van der Waals surface area (Å²) in [6.07, 6.45) is 0.524. The van der Waals surface area contributed by atoms with Gasteiger partial charge >= 0.3 is 6.03 Å². The Kier molecular flexibility index (Phi) is 4.68. The molecule has 10 heteroatoms. The summed E-state index contributed by atoms with van der Waals surface area (Å²) in [5, 5.41) is 4.66. The number of piperazine rings is 1. The van der Waals surface area contributed by atoms with Crippen LogP contribution in [0.15, 0.2) is 6.07 Å². The van der Waals surface area contributed by atoms with Crippen molar-refractivity contribution in [1.82, 2.24) is 25.5 Å². The van der Waals surface area contributed by atoms with Gasteiger partial charge in [0.25, 0.3) is 5.91 Å². The van der Waals surface area contributed by atoms with E-state index in [0.29, 0.717) is 32.6 Å². The van der Waals surface area contributed by atoms with Crippen molar-refractivity contribution in [2.75, 3.05) is 36.8 Å². The molecule has 0 aromatic carbocycles. The molecule has 1 aromatic rings. The van der Waals surface area contributed by atoms with Crippen molar-refractivity contribution in [2.24, 2.45) is 0 Å². The summed E-state index contributed by atoms with van der Waals surface area (Å²) in [6, 6.07) is 0.745. The van der Waals surface area contributed by atoms with E-state index in [0.717, 1.165) is 11.5 Å². The van der Waals surface area contributed by atoms with Gasteiger partial charge in [-0.05, 0) is 13.3 Å². The predicted octanol–water partition coefficient (Wildman–Crippen LogP) is -0.996. The molecule has 0 aliphatic carbocycles. The number of anilines is 2. The Morgan fingerprint density at radius 2 is 2.00 bits per heavy atom. The minimum absolute atomic E-state index is 0.0213. The number of nitrogens with two attached hydrogens (primary N) is 1. The van der Waals surface area contributed by atoms with Crippen LogP contribution < -0.4 is 21.3 Å². The Hall–Kier alpha value is -2.91. The maximum absolute atomic E-state index is 12.3. The normalized spacial score (nSPS) is 20.4. The number of nitrogen functional groups attached to an aromatic ring is 1. The van der Waals surface area contributed by atoms with Crippen LogP contribution >= 0.6 is 0 Å². The van der Waals surface area contributed by atoms with Crippen LogP contribution in [0.4, 0.5) is 16.6 Å². The van der Waals surface area contributed by atoms with Crippen LogP contribution in [0.3, 0.4) is 0 Å². The number of imide groups is 1. The lowest BCUT2D eigenvalue weighted by molar-refractivity contribution is -0.131. The number of hydrogen-bond donors (Lipinski definition) is 3. The fourth-order valence-corrected chi connectivity index (χ4v) is 3.01. The topological polar surface area (TPSA) is 134 Å². The van der Waals surface area contributed by atoms with Crippen LogP contribution in [0, 0.1) is 6.92 Å². The summed E-state index contributed by atoms with van der Waals surface area (Å²) in [4.78, 5) is 47.0. The van der Waals surface area contributed by atoms with Crippen molar-refractivity contribution < 1.29 is 14.4 Å². The molecule has 2 aliphatic heterocycles. The first-order valence-corrected chi connectivity index (χ1v) is 8.17. The molecule has 3 heterocycles. The fraction of sp³-hybridized carbons (Fsp3) is 0.533. The molecular weight excluding hydrogens is 326 g/mol. The molecule has 2 saturated heterocycles. The van der Waals surface area contributed by atoms with E-state index in [-0.39, 0.29) is 24.2 Å². The molecule has 0 bridgehead atoms. The lowest BCUT2D eigenvalue weighted by Gasteiger charge is -2.35. The average Bonchev–Trinajstić information content (AvgIpc) is 2.89. The molecule has 3 rings (SSSR count). The highest BCUT2D eigenvalue weighted by Crippen LogP contribution is 2.16.